The molecule has 0 aromatic heterocycles. The van der Waals surface area contributed by atoms with E-state index in [4.69, 9.17) is 4.74 Å². The van der Waals surface area contributed by atoms with E-state index in [0.29, 0.717) is 16.9 Å². The van der Waals surface area contributed by atoms with Crippen molar-refractivity contribution in [3.63, 3.8) is 0 Å². The first-order chi connectivity index (χ1) is 12.3. The molecule has 1 saturated carbocycles. The van der Waals surface area contributed by atoms with E-state index < -0.39 is 9.84 Å². The van der Waals surface area contributed by atoms with Gasteiger partial charge in [-0.05, 0) is 55.7 Å². The van der Waals surface area contributed by atoms with Gasteiger partial charge in [-0.25, -0.2) is 8.42 Å². The molecule has 146 valence electrons. The minimum Gasteiger partial charge on any atom is -0.382 e. The highest BCUT2D eigenvalue weighted by atomic mass is 32.2. The van der Waals surface area contributed by atoms with Crippen molar-refractivity contribution in [2.45, 2.75) is 44.6 Å². The smallest absolute Gasteiger partial charge is 0.191 e. The first kappa shape index (κ1) is 20.7. The first-order valence-corrected chi connectivity index (χ1v) is 11.0. The topological polar surface area (TPSA) is 79.8 Å². The molecule has 0 spiro atoms. The summed E-state index contributed by atoms with van der Waals surface area (Å²) in [7, 11) is -1.42. The van der Waals surface area contributed by atoms with Crippen LogP contribution in [0, 0.1) is 12.3 Å². The zero-order chi connectivity index (χ0) is 19.2. The van der Waals surface area contributed by atoms with E-state index in [-0.39, 0.29) is 0 Å². The molecule has 1 aromatic carbocycles. The van der Waals surface area contributed by atoms with Crippen LogP contribution in [0.4, 0.5) is 0 Å². The molecule has 1 fully saturated rings. The number of nitrogens with one attached hydrogen (secondary N) is 2. The van der Waals surface area contributed by atoms with Gasteiger partial charge in [0, 0.05) is 39.6 Å². The number of aryl methyl sites for hydroxylation is 1. The molecular formula is C19H31N3O3S. The van der Waals surface area contributed by atoms with Gasteiger partial charge in [0.15, 0.2) is 15.8 Å². The van der Waals surface area contributed by atoms with E-state index in [9.17, 15) is 8.42 Å². The Bertz CT molecular complexity index is 740. The third kappa shape index (κ3) is 5.99. The molecule has 7 heteroatoms. The van der Waals surface area contributed by atoms with Gasteiger partial charge in [0.2, 0.25) is 0 Å². The van der Waals surface area contributed by atoms with Gasteiger partial charge in [0.25, 0.3) is 0 Å². The highest BCUT2D eigenvalue weighted by molar-refractivity contribution is 7.90. The van der Waals surface area contributed by atoms with Crippen molar-refractivity contribution in [2.24, 2.45) is 10.4 Å². The van der Waals surface area contributed by atoms with Crippen molar-refractivity contribution in [2.75, 3.05) is 33.1 Å². The molecule has 1 aromatic rings. The molecule has 0 bridgehead atoms. The van der Waals surface area contributed by atoms with Crippen LogP contribution in [-0.4, -0.2) is 47.4 Å². The Morgan fingerprint density at radius 1 is 1.31 bits per heavy atom. The lowest BCUT2D eigenvalue weighted by Crippen LogP contribution is -2.40. The predicted molar refractivity (Wildman–Crippen MR) is 105 cm³/mol. The molecule has 0 aliphatic heterocycles. The van der Waals surface area contributed by atoms with E-state index in [1.165, 1.54) is 19.1 Å². The summed E-state index contributed by atoms with van der Waals surface area (Å²) >= 11 is 0. The van der Waals surface area contributed by atoms with Crippen molar-refractivity contribution in [3.8, 4) is 0 Å². The standard InChI is InChI=1S/C19H31N3O3S/c1-5-25-11-10-19(8-9-19)14-22-18(20-3)21-13-16-6-7-17(15(2)12-16)26(4,23)24/h6-7,12H,5,8-11,13-14H2,1-4H3,(H2,20,21,22). The molecule has 6 nitrogen and oxygen atoms in total. The second-order valence-corrected chi connectivity index (χ2v) is 9.08. The monoisotopic (exact) mass is 381 g/mol. The molecule has 2 rings (SSSR count). The Kier molecular flexibility index (Phi) is 7.06. The minimum atomic E-state index is -3.18. The second kappa shape index (κ2) is 8.86. The average Bonchev–Trinajstić information content (AvgIpc) is 3.34. The molecule has 0 heterocycles. The fraction of sp³-hybridized carbons (Fsp3) is 0.632. The molecule has 26 heavy (non-hydrogen) atoms. The Labute approximate surface area is 157 Å². The lowest BCUT2D eigenvalue weighted by Gasteiger charge is -2.18. The minimum absolute atomic E-state index is 0.348. The maximum Gasteiger partial charge on any atom is 0.191 e. The number of rotatable bonds is 9. The molecular weight excluding hydrogens is 350 g/mol. The molecule has 0 unspecified atom stereocenters. The summed E-state index contributed by atoms with van der Waals surface area (Å²) in [5.74, 6) is 0.762. The van der Waals surface area contributed by atoms with Gasteiger partial charge in [0.1, 0.15) is 0 Å². The van der Waals surface area contributed by atoms with Crippen LogP contribution >= 0.6 is 0 Å². The van der Waals surface area contributed by atoms with E-state index >= 15 is 0 Å². The normalized spacial score (nSPS) is 16.4. The SMILES string of the molecule is CCOCCC1(CNC(=NC)NCc2ccc(S(C)(=O)=O)c(C)c2)CC1. The van der Waals surface area contributed by atoms with Crippen LogP contribution in [0.3, 0.4) is 0 Å². The van der Waals surface area contributed by atoms with Crippen molar-refractivity contribution >= 4 is 15.8 Å². The number of hydrogen-bond acceptors (Lipinski definition) is 4. The number of hydrogen-bond donors (Lipinski definition) is 2. The number of benzene rings is 1. The van der Waals surface area contributed by atoms with E-state index in [2.05, 4.69) is 15.6 Å². The zero-order valence-electron chi connectivity index (χ0n) is 16.3. The quantitative estimate of drug-likeness (QED) is 0.390. The lowest BCUT2D eigenvalue weighted by atomic mass is 10.0. The fourth-order valence-corrected chi connectivity index (χ4v) is 4.00. The fourth-order valence-electron chi connectivity index (χ4n) is 3.04. The van der Waals surface area contributed by atoms with Crippen LogP contribution in [-0.2, 0) is 21.1 Å². The van der Waals surface area contributed by atoms with E-state index in [1.54, 1.807) is 13.1 Å². The van der Waals surface area contributed by atoms with E-state index in [0.717, 1.165) is 43.3 Å². The van der Waals surface area contributed by atoms with Gasteiger partial charge in [-0.1, -0.05) is 12.1 Å². The van der Waals surface area contributed by atoms with Crippen LogP contribution in [0.15, 0.2) is 28.1 Å². The van der Waals surface area contributed by atoms with Crippen LogP contribution in [0.25, 0.3) is 0 Å². The third-order valence-corrected chi connectivity index (χ3v) is 6.15. The third-order valence-electron chi connectivity index (χ3n) is 4.89. The van der Waals surface area contributed by atoms with Crippen molar-refractivity contribution in [3.05, 3.63) is 29.3 Å². The van der Waals surface area contributed by atoms with Gasteiger partial charge in [-0.15, -0.1) is 0 Å². The molecule has 0 amide bonds. The van der Waals surface area contributed by atoms with Crippen LogP contribution in [0.5, 0.6) is 0 Å². The summed E-state index contributed by atoms with van der Waals surface area (Å²) in [5.41, 5.74) is 2.14. The van der Waals surface area contributed by atoms with Crippen LogP contribution in [0.2, 0.25) is 0 Å². The van der Waals surface area contributed by atoms with Gasteiger partial charge in [-0.2, -0.15) is 0 Å². The van der Waals surface area contributed by atoms with Gasteiger partial charge >= 0.3 is 0 Å². The Morgan fingerprint density at radius 3 is 2.58 bits per heavy atom. The maximum absolute atomic E-state index is 11.7. The number of ether oxygens (including phenoxy) is 1. The summed E-state index contributed by atoms with van der Waals surface area (Å²) in [5, 5.41) is 6.70. The Balaban J connectivity index is 1.85. The molecule has 0 radical (unpaired) electrons. The molecule has 0 atom stereocenters. The van der Waals surface area contributed by atoms with Crippen molar-refractivity contribution < 1.29 is 13.2 Å². The summed E-state index contributed by atoms with van der Waals surface area (Å²) in [6.07, 6.45) is 4.78. The van der Waals surface area contributed by atoms with Gasteiger partial charge in [0.05, 0.1) is 4.90 Å². The van der Waals surface area contributed by atoms with Crippen molar-refractivity contribution in [1.29, 1.82) is 0 Å². The predicted octanol–water partition coefficient (Wildman–Crippen LogP) is 2.27. The first-order valence-electron chi connectivity index (χ1n) is 9.11. The lowest BCUT2D eigenvalue weighted by molar-refractivity contribution is 0.128. The van der Waals surface area contributed by atoms with Crippen molar-refractivity contribution in [1.82, 2.24) is 10.6 Å². The summed E-state index contributed by atoms with van der Waals surface area (Å²) in [6.45, 7) is 6.92. The Hall–Kier alpha value is -1.60. The molecule has 2 N–H and O–H groups in total. The number of aliphatic imine (C=N–C) groups is 1. The highest BCUT2D eigenvalue weighted by Gasteiger charge is 2.41. The average molecular weight is 382 g/mol. The number of sulfone groups is 1. The van der Waals surface area contributed by atoms with Gasteiger partial charge in [-0.3, -0.25) is 4.99 Å². The molecule has 1 aliphatic rings. The summed E-state index contributed by atoms with van der Waals surface area (Å²) in [6, 6.07) is 5.42. The summed E-state index contributed by atoms with van der Waals surface area (Å²) < 4.78 is 28.9. The highest BCUT2D eigenvalue weighted by Crippen LogP contribution is 2.48. The largest absolute Gasteiger partial charge is 0.382 e. The van der Waals surface area contributed by atoms with Crippen LogP contribution in [0.1, 0.15) is 37.3 Å². The van der Waals surface area contributed by atoms with Gasteiger partial charge < -0.3 is 15.4 Å². The number of nitrogens with zero attached hydrogens (tertiary/aromatic N) is 1. The second-order valence-electron chi connectivity index (χ2n) is 7.10. The number of guanidine groups is 1. The van der Waals surface area contributed by atoms with E-state index in [1.807, 2.05) is 26.0 Å². The molecule has 0 saturated heterocycles. The Morgan fingerprint density at radius 2 is 2.04 bits per heavy atom. The zero-order valence-corrected chi connectivity index (χ0v) is 17.1. The maximum atomic E-state index is 11.7. The molecule has 1 aliphatic carbocycles. The van der Waals surface area contributed by atoms with Crippen LogP contribution < -0.4 is 10.6 Å². The summed E-state index contributed by atoms with van der Waals surface area (Å²) in [4.78, 5) is 4.66.